The molecule has 0 N–H and O–H groups in total. The molecule has 2 aromatic rings. The molecule has 0 amide bonds. The van der Waals surface area contributed by atoms with Gasteiger partial charge in [0, 0.05) is 16.6 Å². The van der Waals surface area contributed by atoms with Crippen molar-refractivity contribution in [2.24, 2.45) is 0 Å². The first-order valence-electron chi connectivity index (χ1n) is 8.32. The number of benzene rings is 1. The Morgan fingerprint density at radius 1 is 1.17 bits per heavy atom. The van der Waals surface area contributed by atoms with Crippen LogP contribution < -0.4 is 5.43 Å². The molecule has 2 rings (SSSR count). The van der Waals surface area contributed by atoms with E-state index in [1.165, 1.54) is 37.4 Å². The molecule has 0 aliphatic carbocycles. The van der Waals surface area contributed by atoms with E-state index in [0.29, 0.717) is 5.88 Å². The highest BCUT2D eigenvalue weighted by atomic mass is 32.2. The van der Waals surface area contributed by atoms with Crippen molar-refractivity contribution in [3.05, 3.63) is 45.7 Å². The number of aromatic nitrogens is 1. The number of hydrogen-bond donors (Lipinski definition) is 0. The number of para-hydroxylation sites is 1. The zero-order valence-corrected chi connectivity index (χ0v) is 14.8. The van der Waals surface area contributed by atoms with Crippen LogP contribution in [0.3, 0.4) is 0 Å². The van der Waals surface area contributed by atoms with Gasteiger partial charge in [0.25, 0.3) is 0 Å². The molecule has 0 aliphatic rings. The van der Waals surface area contributed by atoms with Crippen LogP contribution in [0.1, 0.15) is 50.3 Å². The van der Waals surface area contributed by atoms with Crippen LogP contribution >= 0.6 is 11.8 Å². The predicted octanol–water partition coefficient (Wildman–Crippen LogP) is 4.99. The summed E-state index contributed by atoms with van der Waals surface area (Å²) in [5.74, 6) is 0.572. The minimum Gasteiger partial charge on any atom is -0.333 e. The zero-order valence-electron chi connectivity index (χ0n) is 14.0. The maximum atomic E-state index is 12.6. The number of rotatable bonds is 8. The Bertz CT molecular complexity index is 758. The van der Waals surface area contributed by atoms with Gasteiger partial charge >= 0.3 is 0 Å². The topological polar surface area (TPSA) is 45.8 Å². The van der Waals surface area contributed by atoms with E-state index < -0.39 is 0 Å². The van der Waals surface area contributed by atoms with Gasteiger partial charge in [-0.1, -0.05) is 44.7 Å². The fraction of sp³-hybridized carbons (Fsp3) is 0.474. The van der Waals surface area contributed by atoms with Gasteiger partial charge in [-0.05, 0) is 43.7 Å². The first-order chi connectivity index (χ1) is 11.2. The Labute approximate surface area is 142 Å². The van der Waals surface area contributed by atoms with Gasteiger partial charge in [-0.2, -0.15) is 5.26 Å². The van der Waals surface area contributed by atoms with Crippen LogP contribution in [0, 0.1) is 17.6 Å². The van der Waals surface area contributed by atoms with Crippen LogP contribution in [0.25, 0.3) is 10.9 Å². The Morgan fingerprint density at radius 2 is 1.91 bits per heavy atom. The third-order valence-electron chi connectivity index (χ3n) is 4.31. The van der Waals surface area contributed by atoms with Crippen LogP contribution in [0.2, 0.25) is 0 Å². The van der Waals surface area contributed by atoms with Gasteiger partial charge in [0.15, 0.2) is 5.43 Å². The van der Waals surface area contributed by atoms with E-state index in [-0.39, 0.29) is 5.43 Å². The van der Waals surface area contributed by atoms with Crippen LogP contribution in [-0.2, 0) is 12.3 Å². The summed E-state index contributed by atoms with van der Waals surface area (Å²) in [7, 11) is 0. The monoisotopic (exact) mass is 328 g/mol. The van der Waals surface area contributed by atoms with Crippen molar-refractivity contribution >= 4 is 22.7 Å². The highest BCUT2D eigenvalue weighted by Gasteiger charge is 2.13. The molecule has 0 radical (unpaired) electrons. The molecule has 0 saturated carbocycles. The molecule has 1 aromatic carbocycles. The van der Waals surface area contributed by atoms with Gasteiger partial charge in [0.05, 0.1) is 11.4 Å². The summed E-state index contributed by atoms with van der Waals surface area (Å²) in [5, 5.41) is 11.8. The van der Waals surface area contributed by atoms with Crippen LogP contribution in [0.4, 0.5) is 0 Å². The normalized spacial score (nSPS) is 10.8. The molecular formula is C19H24N2OS. The number of nitriles is 1. The average Bonchev–Trinajstić information content (AvgIpc) is 2.58. The minimum atomic E-state index is 0.127. The largest absolute Gasteiger partial charge is 0.333 e. The van der Waals surface area contributed by atoms with E-state index in [1.807, 2.05) is 31.2 Å². The van der Waals surface area contributed by atoms with Gasteiger partial charge in [0.1, 0.15) is 5.40 Å². The summed E-state index contributed by atoms with van der Waals surface area (Å²) in [4.78, 5) is 12.6. The number of pyridine rings is 1. The molecule has 0 saturated heterocycles. The lowest BCUT2D eigenvalue weighted by Gasteiger charge is -2.18. The van der Waals surface area contributed by atoms with E-state index in [0.717, 1.165) is 35.0 Å². The van der Waals surface area contributed by atoms with Gasteiger partial charge in [-0.15, -0.1) is 0 Å². The molecule has 1 aromatic heterocycles. The summed E-state index contributed by atoms with van der Waals surface area (Å²) in [6.07, 6.45) is 6.95. The first kappa shape index (κ1) is 17.6. The molecule has 4 heteroatoms. The number of nitrogens with zero attached hydrogens (tertiary/aromatic N) is 2. The molecule has 0 bridgehead atoms. The minimum absolute atomic E-state index is 0.127. The third-order valence-corrected chi connectivity index (χ3v) is 4.83. The number of unbranched alkanes of at least 4 members (excludes halogenated alkanes) is 4. The second-order valence-electron chi connectivity index (χ2n) is 5.87. The quantitative estimate of drug-likeness (QED) is 0.506. The van der Waals surface area contributed by atoms with Crippen molar-refractivity contribution in [3.8, 4) is 5.40 Å². The maximum Gasteiger partial charge on any atom is 0.192 e. The zero-order chi connectivity index (χ0) is 16.7. The fourth-order valence-electron chi connectivity index (χ4n) is 3.04. The van der Waals surface area contributed by atoms with Gasteiger partial charge in [0.2, 0.25) is 0 Å². The van der Waals surface area contributed by atoms with E-state index in [4.69, 9.17) is 5.26 Å². The van der Waals surface area contributed by atoms with Gasteiger partial charge in [-0.25, -0.2) is 0 Å². The molecule has 3 nitrogen and oxygen atoms in total. The highest BCUT2D eigenvalue weighted by Crippen LogP contribution is 2.21. The van der Waals surface area contributed by atoms with Crippen molar-refractivity contribution in [2.45, 2.75) is 58.2 Å². The van der Waals surface area contributed by atoms with Crippen molar-refractivity contribution in [1.29, 1.82) is 5.26 Å². The number of hydrogen-bond acceptors (Lipinski definition) is 3. The number of thiocyanates is 1. The smallest absolute Gasteiger partial charge is 0.192 e. The molecule has 122 valence electrons. The van der Waals surface area contributed by atoms with Crippen LogP contribution in [-0.4, -0.2) is 4.57 Å². The molecule has 1 heterocycles. The summed E-state index contributed by atoms with van der Waals surface area (Å²) in [5.41, 5.74) is 2.99. The summed E-state index contributed by atoms with van der Waals surface area (Å²) in [6, 6.07) is 7.71. The molecule has 0 atom stereocenters. The third kappa shape index (κ3) is 4.17. The Hall–Kier alpha value is -1.73. The second kappa shape index (κ2) is 8.79. The van der Waals surface area contributed by atoms with Gasteiger partial charge in [-0.3, -0.25) is 4.79 Å². The molecule has 0 spiro atoms. The average molecular weight is 328 g/mol. The molecular weight excluding hydrogens is 304 g/mol. The number of thioether (sulfide) groups is 1. The maximum absolute atomic E-state index is 12.6. The van der Waals surface area contributed by atoms with Crippen molar-refractivity contribution in [1.82, 2.24) is 4.57 Å². The highest BCUT2D eigenvalue weighted by molar-refractivity contribution is 8.02. The Balaban J connectivity index is 2.38. The van der Waals surface area contributed by atoms with Crippen LogP contribution in [0.15, 0.2) is 29.1 Å². The number of fused-ring (bicyclic) bond motifs is 1. The summed E-state index contributed by atoms with van der Waals surface area (Å²) in [6.45, 7) is 4.13. The molecule has 23 heavy (non-hydrogen) atoms. The Morgan fingerprint density at radius 3 is 2.65 bits per heavy atom. The van der Waals surface area contributed by atoms with E-state index in [9.17, 15) is 4.79 Å². The lowest BCUT2D eigenvalue weighted by molar-refractivity contribution is 0.618. The molecule has 0 aliphatic heterocycles. The lowest BCUT2D eigenvalue weighted by atomic mass is 10.0. The van der Waals surface area contributed by atoms with Crippen molar-refractivity contribution in [3.63, 3.8) is 0 Å². The SMILES string of the molecule is CCCCCCCc1c(C)c(=O)c2ccccc2n1CSC#N. The predicted molar refractivity (Wildman–Crippen MR) is 98.6 cm³/mol. The standard InChI is InChI=1S/C19H24N2OS/c1-3-4-5-6-7-11-17-15(2)19(22)16-10-8-9-12-18(16)21(17)14-23-13-20/h8-10,12H,3-7,11,14H2,1-2H3. The lowest BCUT2D eigenvalue weighted by Crippen LogP contribution is -2.18. The second-order valence-corrected chi connectivity index (χ2v) is 6.60. The molecule has 0 fully saturated rings. The van der Waals surface area contributed by atoms with Crippen LogP contribution in [0.5, 0.6) is 0 Å². The van der Waals surface area contributed by atoms with Gasteiger partial charge < -0.3 is 4.57 Å². The first-order valence-corrected chi connectivity index (χ1v) is 9.31. The van der Waals surface area contributed by atoms with E-state index in [1.54, 1.807) is 0 Å². The van der Waals surface area contributed by atoms with E-state index >= 15 is 0 Å². The summed E-state index contributed by atoms with van der Waals surface area (Å²) < 4.78 is 2.15. The molecule has 0 unspecified atom stereocenters. The van der Waals surface area contributed by atoms with E-state index in [2.05, 4.69) is 16.9 Å². The Kier molecular flexibility index (Phi) is 6.73. The van der Waals surface area contributed by atoms with Crippen molar-refractivity contribution < 1.29 is 0 Å². The fourth-order valence-corrected chi connectivity index (χ4v) is 3.52. The van der Waals surface area contributed by atoms with Crippen molar-refractivity contribution in [2.75, 3.05) is 0 Å². The summed E-state index contributed by atoms with van der Waals surface area (Å²) >= 11 is 1.22.